The van der Waals surface area contributed by atoms with Gasteiger partial charge in [0.1, 0.15) is 5.57 Å². The second kappa shape index (κ2) is 7.87. The van der Waals surface area contributed by atoms with Gasteiger partial charge in [0.05, 0.1) is 16.9 Å². The summed E-state index contributed by atoms with van der Waals surface area (Å²) in [7, 11) is 1.59. The van der Waals surface area contributed by atoms with Gasteiger partial charge in [0.15, 0.2) is 12.4 Å². The van der Waals surface area contributed by atoms with E-state index in [-0.39, 0.29) is 22.4 Å². The SMILES string of the molecule is Cc1cc[n+](C2=C(c3c(-c4ccccc4)[nH]n(C)c3=O)C(=O)N(c3ccccc3)C2=O)cc1. The molecule has 0 spiro atoms. The first kappa shape index (κ1) is 20.4. The summed E-state index contributed by atoms with van der Waals surface area (Å²) in [5, 5.41) is 3.06. The number of aryl methyl sites for hydroxylation is 2. The molecular formula is C26H21N4O3+. The van der Waals surface area contributed by atoms with Gasteiger partial charge in [-0.25, -0.2) is 4.90 Å². The number of anilines is 1. The van der Waals surface area contributed by atoms with Gasteiger partial charge < -0.3 is 0 Å². The Kier molecular flexibility index (Phi) is 4.86. The number of aromatic amines is 1. The minimum atomic E-state index is -0.539. The van der Waals surface area contributed by atoms with Crippen LogP contribution in [0.4, 0.5) is 5.69 Å². The van der Waals surface area contributed by atoms with Gasteiger partial charge in [0.25, 0.3) is 17.2 Å². The number of nitrogens with zero attached hydrogens (tertiary/aromatic N) is 3. The molecule has 0 radical (unpaired) electrons. The van der Waals surface area contributed by atoms with Crippen LogP contribution in [0.15, 0.2) is 90.0 Å². The van der Waals surface area contributed by atoms with Crippen LogP contribution in [0.1, 0.15) is 11.1 Å². The molecule has 7 nitrogen and oxygen atoms in total. The summed E-state index contributed by atoms with van der Waals surface area (Å²) in [6, 6.07) is 21.7. The van der Waals surface area contributed by atoms with Crippen molar-refractivity contribution in [3.8, 4) is 11.3 Å². The lowest BCUT2D eigenvalue weighted by Gasteiger charge is -2.13. The summed E-state index contributed by atoms with van der Waals surface area (Å²) in [6.07, 6.45) is 3.45. The molecule has 3 heterocycles. The highest BCUT2D eigenvalue weighted by molar-refractivity contribution is 6.53. The first-order valence-electron chi connectivity index (χ1n) is 10.5. The molecule has 2 aromatic carbocycles. The van der Waals surface area contributed by atoms with Gasteiger partial charge in [-0.3, -0.25) is 24.2 Å². The quantitative estimate of drug-likeness (QED) is 0.394. The van der Waals surface area contributed by atoms with Crippen LogP contribution in [0.25, 0.3) is 22.5 Å². The van der Waals surface area contributed by atoms with E-state index in [4.69, 9.17) is 0 Å². The van der Waals surface area contributed by atoms with E-state index < -0.39 is 11.8 Å². The van der Waals surface area contributed by atoms with Crippen molar-refractivity contribution in [1.29, 1.82) is 0 Å². The Hall–Kier alpha value is -4.52. The van der Waals surface area contributed by atoms with Crippen molar-refractivity contribution in [1.82, 2.24) is 9.78 Å². The molecule has 1 aliphatic rings. The van der Waals surface area contributed by atoms with Crippen LogP contribution in [0, 0.1) is 6.92 Å². The van der Waals surface area contributed by atoms with Crippen LogP contribution in [-0.2, 0) is 16.6 Å². The van der Waals surface area contributed by atoms with Crippen molar-refractivity contribution < 1.29 is 14.2 Å². The van der Waals surface area contributed by atoms with Gasteiger partial charge in [0.2, 0.25) is 0 Å². The van der Waals surface area contributed by atoms with E-state index in [0.717, 1.165) is 16.0 Å². The van der Waals surface area contributed by atoms with Gasteiger partial charge in [-0.15, -0.1) is 0 Å². The maximum Gasteiger partial charge on any atom is 0.331 e. The van der Waals surface area contributed by atoms with E-state index in [0.29, 0.717) is 11.4 Å². The van der Waals surface area contributed by atoms with E-state index in [2.05, 4.69) is 5.10 Å². The molecule has 0 saturated carbocycles. The third-order valence-electron chi connectivity index (χ3n) is 5.69. The molecule has 0 unspecified atom stereocenters. The van der Waals surface area contributed by atoms with Crippen molar-refractivity contribution in [3.63, 3.8) is 0 Å². The molecule has 33 heavy (non-hydrogen) atoms. The standard InChI is InChI=1S/C26H20N4O3/c1-17-13-15-29(16-14-17)23-21(25(32)30(26(23)33)19-11-7-4-8-12-19)20-22(27-28(2)24(20)31)18-9-5-3-6-10-18/h3-16H,1-2H3/p+1. The zero-order valence-electron chi connectivity index (χ0n) is 18.1. The lowest BCUT2D eigenvalue weighted by atomic mass is 10.0. The molecule has 0 aliphatic carbocycles. The first-order valence-corrected chi connectivity index (χ1v) is 10.5. The second-order valence-corrected chi connectivity index (χ2v) is 7.88. The largest absolute Gasteiger partial charge is 0.331 e. The fourth-order valence-corrected chi connectivity index (χ4v) is 4.04. The summed E-state index contributed by atoms with van der Waals surface area (Å²) < 4.78 is 2.93. The molecule has 4 aromatic rings. The summed E-state index contributed by atoms with van der Waals surface area (Å²) in [6.45, 7) is 1.94. The molecule has 1 aliphatic heterocycles. The van der Waals surface area contributed by atoms with Crippen LogP contribution in [0.2, 0.25) is 0 Å². The number of H-pyrrole nitrogens is 1. The Labute approximate surface area is 189 Å². The van der Waals surface area contributed by atoms with Gasteiger partial charge in [-0.2, -0.15) is 4.57 Å². The van der Waals surface area contributed by atoms with E-state index in [1.54, 1.807) is 48.3 Å². The number of amides is 2. The Balaban J connectivity index is 1.81. The van der Waals surface area contributed by atoms with Crippen LogP contribution in [-0.4, -0.2) is 21.6 Å². The number of pyridine rings is 1. The highest BCUT2D eigenvalue weighted by Crippen LogP contribution is 2.35. The maximum absolute atomic E-state index is 13.8. The van der Waals surface area contributed by atoms with Crippen molar-refractivity contribution in [3.05, 3.63) is 107 Å². The Morgan fingerprint density at radius 3 is 2.03 bits per heavy atom. The number of carbonyl (C=O) groups excluding carboxylic acids is 2. The van der Waals surface area contributed by atoms with Crippen molar-refractivity contribution in [2.45, 2.75) is 6.92 Å². The topological polar surface area (TPSA) is 79.1 Å². The number of rotatable bonds is 4. The lowest BCUT2D eigenvalue weighted by Crippen LogP contribution is -2.39. The zero-order chi connectivity index (χ0) is 23.1. The molecule has 5 rings (SSSR count). The van der Waals surface area contributed by atoms with E-state index in [1.807, 2.05) is 55.5 Å². The smallest absolute Gasteiger partial charge is 0.295 e. The fraction of sp³-hybridized carbons (Fsp3) is 0.0769. The van der Waals surface area contributed by atoms with E-state index in [9.17, 15) is 14.4 Å². The number of hydrogen-bond acceptors (Lipinski definition) is 3. The number of aromatic nitrogens is 3. The van der Waals surface area contributed by atoms with Crippen molar-refractivity contribution >= 4 is 28.8 Å². The minimum absolute atomic E-state index is 0.0680. The highest BCUT2D eigenvalue weighted by atomic mass is 16.2. The van der Waals surface area contributed by atoms with Crippen molar-refractivity contribution in [2.24, 2.45) is 7.05 Å². The zero-order valence-corrected chi connectivity index (χ0v) is 18.1. The summed E-state index contributed by atoms with van der Waals surface area (Å²) >= 11 is 0. The molecule has 7 heteroatoms. The van der Waals surface area contributed by atoms with Gasteiger partial charge in [-0.1, -0.05) is 48.5 Å². The van der Waals surface area contributed by atoms with E-state index in [1.165, 1.54) is 4.68 Å². The molecule has 1 N–H and O–H groups in total. The van der Waals surface area contributed by atoms with Gasteiger partial charge in [-0.05, 0) is 24.6 Å². The van der Waals surface area contributed by atoms with Crippen LogP contribution < -0.4 is 15.0 Å². The molecule has 2 aromatic heterocycles. The van der Waals surface area contributed by atoms with Crippen LogP contribution in [0.3, 0.4) is 0 Å². The Morgan fingerprint density at radius 1 is 0.788 bits per heavy atom. The number of benzene rings is 2. The Morgan fingerprint density at radius 2 is 1.39 bits per heavy atom. The maximum atomic E-state index is 13.8. The number of imide groups is 1. The number of carbonyl (C=O) groups is 2. The molecule has 0 atom stereocenters. The normalized spacial score (nSPS) is 13.8. The highest BCUT2D eigenvalue weighted by Gasteiger charge is 2.48. The van der Waals surface area contributed by atoms with Gasteiger partial charge in [0, 0.05) is 24.7 Å². The third-order valence-corrected chi connectivity index (χ3v) is 5.69. The van der Waals surface area contributed by atoms with Crippen LogP contribution >= 0.6 is 0 Å². The monoisotopic (exact) mass is 437 g/mol. The van der Waals surface area contributed by atoms with Gasteiger partial charge >= 0.3 is 5.91 Å². The van der Waals surface area contributed by atoms with Crippen LogP contribution in [0.5, 0.6) is 0 Å². The minimum Gasteiger partial charge on any atom is -0.295 e. The van der Waals surface area contributed by atoms with E-state index >= 15 is 0 Å². The summed E-state index contributed by atoms with van der Waals surface area (Å²) in [4.78, 5) is 41.8. The number of hydrogen-bond donors (Lipinski definition) is 1. The predicted octanol–water partition coefficient (Wildman–Crippen LogP) is 2.92. The summed E-state index contributed by atoms with van der Waals surface area (Å²) in [5.41, 5.74) is 2.67. The molecular weight excluding hydrogens is 416 g/mol. The molecule has 0 saturated heterocycles. The first-order chi connectivity index (χ1) is 16.0. The van der Waals surface area contributed by atoms with Crippen molar-refractivity contribution in [2.75, 3.05) is 4.90 Å². The number of nitrogens with one attached hydrogen (secondary N) is 1. The molecule has 2 amide bonds. The predicted molar refractivity (Wildman–Crippen MR) is 125 cm³/mol. The Bertz CT molecular complexity index is 1460. The fourth-order valence-electron chi connectivity index (χ4n) is 4.04. The number of para-hydroxylation sites is 1. The summed E-state index contributed by atoms with van der Waals surface area (Å²) in [5.74, 6) is -1.03. The molecule has 162 valence electrons. The molecule has 0 fully saturated rings. The second-order valence-electron chi connectivity index (χ2n) is 7.88. The lowest BCUT2D eigenvalue weighted by molar-refractivity contribution is -0.576. The average Bonchev–Trinajstić information content (AvgIpc) is 3.27. The average molecular weight is 437 g/mol. The third kappa shape index (κ3) is 3.30. The molecule has 0 bridgehead atoms.